The van der Waals surface area contributed by atoms with Crippen LogP contribution in [-0.2, 0) is 6.54 Å². The molecule has 1 aliphatic heterocycles. The summed E-state index contributed by atoms with van der Waals surface area (Å²) >= 11 is 0. The maximum atomic E-state index is 6.33. The Kier molecular flexibility index (Phi) is 5.47. The summed E-state index contributed by atoms with van der Waals surface area (Å²) < 4.78 is 0. The van der Waals surface area contributed by atoms with Crippen molar-refractivity contribution in [1.29, 1.82) is 0 Å². The molecule has 6 nitrogen and oxygen atoms in total. The molecule has 4 aromatic rings. The van der Waals surface area contributed by atoms with E-state index in [9.17, 15) is 0 Å². The predicted octanol–water partition coefficient (Wildman–Crippen LogP) is 5.35. The highest BCUT2D eigenvalue weighted by atomic mass is 15.1. The van der Waals surface area contributed by atoms with Crippen LogP contribution >= 0.6 is 0 Å². The number of nitrogen functional groups attached to an aromatic ring is 1. The van der Waals surface area contributed by atoms with Crippen molar-refractivity contribution in [1.82, 2.24) is 24.8 Å². The number of benzene rings is 1. The lowest BCUT2D eigenvalue weighted by Gasteiger charge is -2.31. The molecular formula is C26H32N6. The summed E-state index contributed by atoms with van der Waals surface area (Å²) in [7, 11) is 0. The molecule has 0 bridgehead atoms. The van der Waals surface area contributed by atoms with Crippen molar-refractivity contribution in [3.63, 3.8) is 0 Å². The van der Waals surface area contributed by atoms with Gasteiger partial charge in [0.25, 0.3) is 0 Å². The molecule has 1 fully saturated rings. The summed E-state index contributed by atoms with van der Waals surface area (Å²) in [5, 5.41) is 1.32. The Balaban J connectivity index is 1.44. The fourth-order valence-corrected chi connectivity index (χ4v) is 5.12. The Hall–Kier alpha value is -3.12. The number of nitrogens with one attached hydrogen (secondary N) is 2. The molecule has 166 valence electrons. The van der Waals surface area contributed by atoms with Gasteiger partial charge in [-0.05, 0) is 74.0 Å². The summed E-state index contributed by atoms with van der Waals surface area (Å²) in [6.07, 6.45) is 7.82. The highest BCUT2D eigenvalue weighted by Gasteiger charge is 2.23. The van der Waals surface area contributed by atoms with E-state index < -0.39 is 0 Å². The van der Waals surface area contributed by atoms with Crippen molar-refractivity contribution < 1.29 is 0 Å². The Morgan fingerprint density at radius 1 is 1.16 bits per heavy atom. The van der Waals surface area contributed by atoms with Gasteiger partial charge < -0.3 is 15.7 Å². The number of aryl methyl sites for hydroxylation is 1. The summed E-state index contributed by atoms with van der Waals surface area (Å²) in [6, 6.07) is 9.07. The summed E-state index contributed by atoms with van der Waals surface area (Å²) in [6.45, 7) is 9.72. The molecule has 4 N–H and O–H groups in total. The standard InChI is InChI=1S/C26H32N6/c1-16(2)25-22-11-19(18-6-8-32(9-7-18)14-20-12-28-15-30-20)4-5-24(22)31-26(25)21-10-17(3)29-13-23(21)27/h4-5,10-13,15-16,18,31H,6-9,14,27H2,1-3H3,(H,28,30). The summed E-state index contributed by atoms with van der Waals surface area (Å²) in [5.41, 5.74) is 15.4. The normalized spacial score (nSPS) is 15.8. The van der Waals surface area contributed by atoms with Gasteiger partial charge in [0.05, 0.1) is 23.9 Å². The molecule has 0 amide bonds. The van der Waals surface area contributed by atoms with E-state index in [1.54, 1.807) is 12.5 Å². The van der Waals surface area contributed by atoms with Gasteiger partial charge in [-0.1, -0.05) is 19.9 Å². The molecule has 1 aromatic carbocycles. The minimum Gasteiger partial charge on any atom is -0.397 e. The number of likely N-dealkylation sites (tertiary alicyclic amines) is 1. The van der Waals surface area contributed by atoms with Gasteiger partial charge in [0.15, 0.2) is 0 Å². The lowest BCUT2D eigenvalue weighted by molar-refractivity contribution is 0.203. The Labute approximate surface area is 189 Å². The van der Waals surface area contributed by atoms with Crippen LogP contribution in [0.2, 0.25) is 0 Å². The van der Waals surface area contributed by atoms with E-state index in [-0.39, 0.29) is 0 Å². The van der Waals surface area contributed by atoms with Gasteiger partial charge in [0, 0.05) is 40.6 Å². The van der Waals surface area contributed by atoms with Crippen LogP contribution in [0, 0.1) is 6.92 Å². The van der Waals surface area contributed by atoms with E-state index >= 15 is 0 Å². The van der Waals surface area contributed by atoms with Gasteiger partial charge in [-0.3, -0.25) is 9.88 Å². The third-order valence-electron chi connectivity index (χ3n) is 6.79. The smallest absolute Gasteiger partial charge is 0.0922 e. The fraction of sp³-hybridized carbons (Fsp3) is 0.385. The number of pyridine rings is 1. The van der Waals surface area contributed by atoms with Gasteiger partial charge in [-0.15, -0.1) is 0 Å². The van der Waals surface area contributed by atoms with Crippen LogP contribution in [0.15, 0.2) is 43.0 Å². The fourth-order valence-electron chi connectivity index (χ4n) is 5.12. The monoisotopic (exact) mass is 428 g/mol. The first-order chi connectivity index (χ1) is 15.5. The molecule has 0 spiro atoms. The average molecular weight is 429 g/mol. The van der Waals surface area contributed by atoms with Crippen molar-refractivity contribution >= 4 is 16.6 Å². The van der Waals surface area contributed by atoms with Crippen molar-refractivity contribution in [3.05, 3.63) is 65.5 Å². The maximum absolute atomic E-state index is 6.33. The number of aromatic amines is 2. The first-order valence-corrected chi connectivity index (χ1v) is 11.6. The number of nitrogens with two attached hydrogens (primary N) is 1. The molecule has 0 saturated carbocycles. The number of hydrogen-bond donors (Lipinski definition) is 3. The second-order valence-electron chi connectivity index (χ2n) is 9.41. The first kappa shape index (κ1) is 20.8. The van der Waals surface area contributed by atoms with E-state index in [2.05, 4.69) is 62.9 Å². The van der Waals surface area contributed by atoms with Gasteiger partial charge in [0.1, 0.15) is 0 Å². The van der Waals surface area contributed by atoms with Crippen molar-refractivity contribution in [2.45, 2.75) is 52.0 Å². The molecule has 0 atom stereocenters. The van der Waals surface area contributed by atoms with Crippen LogP contribution in [0.5, 0.6) is 0 Å². The molecule has 4 heterocycles. The number of aromatic nitrogens is 4. The number of fused-ring (bicyclic) bond motifs is 1. The van der Waals surface area contributed by atoms with Crippen molar-refractivity contribution in [3.8, 4) is 11.3 Å². The van der Waals surface area contributed by atoms with Crippen LogP contribution < -0.4 is 5.73 Å². The third kappa shape index (κ3) is 3.91. The topological polar surface area (TPSA) is 86.6 Å². The van der Waals surface area contributed by atoms with Gasteiger partial charge in [-0.2, -0.15) is 0 Å². The average Bonchev–Trinajstić information content (AvgIpc) is 3.43. The lowest BCUT2D eigenvalue weighted by atomic mass is 9.87. The second kappa shape index (κ2) is 8.43. The van der Waals surface area contributed by atoms with Crippen LogP contribution in [0.4, 0.5) is 5.69 Å². The minimum atomic E-state index is 0.387. The van der Waals surface area contributed by atoms with Gasteiger partial charge in [-0.25, -0.2) is 4.98 Å². The lowest BCUT2D eigenvalue weighted by Crippen LogP contribution is -2.32. The molecule has 5 rings (SSSR count). The first-order valence-electron chi connectivity index (χ1n) is 11.6. The van der Waals surface area contributed by atoms with E-state index in [0.29, 0.717) is 17.5 Å². The number of hydrogen-bond acceptors (Lipinski definition) is 4. The third-order valence-corrected chi connectivity index (χ3v) is 6.79. The van der Waals surface area contributed by atoms with Crippen molar-refractivity contribution in [2.75, 3.05) is 18.8 Å². The highest BCUT2D eigenvalue weighted by molar-refractivity contribution is 5.94. The summed E-state index contributed by atoms with van der Waals surface area (Å²) in [4.78, 5) is 17.9. The molecule has 0 aliphatic carbocycles. The Morgan fingerprint density at radius 3 is 2.69 bits per heavy atom. The molecule has 0 radical (unpaired) electrons. The number of imidazole rings is 1. The zero-order valence-corrected chi connectivity index (χ0v) is 19.2. The van der Waals surface area contributed by atoms with Crippen LogP contribution in [-0.4, -0.2) is 37.9 Å². The second-order valence-corrected chi connectivity index (χ2v) is 9.41. The predicted molar refractivity (Wildman–Crippen MR) is 131 cm³/mol. The number of piperidine rings is 1. The molecular weight excluding hydrogens is 396 g/mol. The van der Waals surface area contributed by atoms with E-state index in [1.165, 1.54) is 40.6 Å². The molecule has 3 aromatic heterocycles. The molecule has 1 aliphatic rings. The molecule has 1 saturated heterocycles. The van der Waals surface area contributed by atoms with E-state index in [0.717, 1.165) is 36.6 Å². The van der Waals surface area contributed by atoms with Crippen molar-refractivity contribution in [2.24, 2.45) is 0 Å². The number of rotatable bonds is 5. The van der Waals surface area contributed by atoms with Crippen LogP contribution in [0.25, 0.3) is 22.2 Å². The summed E-state index contributed by atoms with van der Waals surface area (Å²) in [5.74, 6) is 0.988. The maximum Gasteiger partial charge on any atom is 0.0922 e. The molecule has 0 unspecified atom stereocenters. The largest absolute Gasteiger partial charge is 0.397 e. The number of nitrogens with zero attached hydrogens (tertiary/aromatic N) is 3. The quantitative estimate of drug-likeness (QED) is 0.400. The minimum absolute atomic E-state index is 0.387. The van der Waals surface area contributed by atoms with E-state index in [1.807, 2.05) is 13.1 Å². The zero-order valence-electron chi connectivity index (χ0n) is 19.2. The van der Waals surface area contributed by atoms with Crippen LogP contribution in [0.1, 0.15) is 61.0 Å². The van der Waals surface area contributed by atoms with Crippen LogP contribution in [0.3, 0.4) is 0 Å². The van der Waals surface area contributed by atoms with E-state index in [4.69, 9.17) is 5.73 Å². The highest BCUT2D eigenvalue weighted by Crippen LogP contribution is 2.39. The zero-order chi connectivity index (χ0) is 22.2. The Bertz CT molecular complexity index is 1210. The number of H-pyrrole nitrogens is 2. The molecule has 6 heteroatoms. The number of anilines is 1. The van der Waals surface area contributed by atoms with Gasteiger partial charge >= 0.3 is 0 Å². The Morgan fingerprint density at radius 2 is 1.97 bits per heavy atom. The SMILES string of the molecule is Cc1cc(-c2[nH]c3ccc(C4CCN(Cc5cnc[nH]5)CC4)cc3c2C(C)C)c(N)cn1. The molecule has 32 heavy (non-hydrogen) atoms. The van der Waals surface area contributed by atoms with Gasteiger partial charge in [0.2, 0.25) is 0 Å².